The van der Waals surface area contributed by atoms with Crippen molar-refractivity contribution in [1.29, 1.82) is 0 Å². The molecule has 7 heteroatoms. The molecule has 0 radical (unpaired) electrons. The van der Waals surface area contributed by atoms with Gasteiger partial charge in [0.2, 0.25) is 5.91 Å². The summed E-state index contributed by atoms with van der Waals surface area (Å²) in [6.45, 7) is 9.97. The summed E-state index contributed by atoms with van der Waals surface area (Å²) in [5.74, 6) is 1.66. The Balaban J connectivity index is 0.00000420. The number of nitrogens with zero attached hydrogens (tertiary/aromatic N) is 3. The minimum Gasteiger partial charge on any atom is -0.372 e. The third-order valence-corrected chi connectivity index (χ3v) is 5.35. The Morgan fingerprint density at radius 2 is 1.90 bits per heavy atom. The molecule has 2 N–H and O–H groups in total. The van der Waals surface area contributed by atoms with Gasteiger partial charge in [0.05, 0.1) is 0 Å². The predicted molar refractivity (Wildman–Crippen MR) is 133 cm³/mol. The quantitative estimate of drug-likeness (QED) is 0.229. The van der Waals surface area contributed by atoms with Gasteiger partial charge < -0.3 is 20.4 Å². The van der Waals surface area contributed by atoms with Gasteiger partial charge in [0.25, 0.3) is 0 Å². The number of benzene rings is 1. The van der Waals surface area contributed by atoms with E-state index < -0.39 is 0 Å². The van der Waals surface area contributed by atoms with Crippen molar-refractivity contribution in [3.05, 3.63) is 30.3 Å². The van der Waals surface area contributed by atoms with Crippen LogP contribution in [-0.2, 0) is 4.79 Å². The van der Waals surface area contributed by atoms with E-state index >= 15 is 0 Å². The number of guanidine groups is 1. The lowest BCUT2D eigenvalue weighted by atomic mass is 9.93. The summed E-state index contributed by atoms with van der Waals surface area (Å²) in [6.07, 6.45) is 3.78. The van der Waals surface area contributed by atoms with Gasteiger partial charge in [0.15, 0.2) is 5.96 Å². The number of halogens is 1. The van der Waals surface area contributed by atoms with Crippen molar-refractivity contribution < 1.29 is 4.79 Å². The van der Waals surface area contributed by atoms with Crippen LogP contribution in [0.2, 0.25) is 0 Å². The molecular formula is C22H38IN5O. The van der Waals surface area contributed by atoms with E-state index in [2.05, 4.69) is 64.6 Å². The molecule has 164 valence electrons. The Morgan fingerprint density at radius 3 is 2.48 bits per heavy atom. The molecule has 1 saturated heterocycles. The monoisotopic (exact) mass is 515 g/mol. The molecule has 1 fully saturated rings. The number of hydrogen-bond donors (Lipinski definition) is 2. The molecule has 1 amide bonds. The molecule has 0 unspecified atom stereocenters. The number of piperidine rings is 1. The maximum absolute atomic E-state index is 11.6. The second-order valence-corrected chi connectivity index (χ2v) is 7.31. The van der Waals surface area contributed by atoms with E-state index in [9.17, 15) is 4.79 Å². The fraction of sp³-hybridized carbons (Fsp3) is 0.636. The van der Waals surface area contributed by atoms with Gasteiger partial charge in [-0.05, 0) is 51.2 Å². The van der Waals surface area contributed by atoms with Gasteiger partial charge in [-0.2, -0.15) is 0 Å². The zero-order valence-electron chi connectivity index (χ0n) is 18.2. The van der Waals surface area contributed by atoms with Crippen LogP contribution in [-0.4, -0.2) is 63.1 Å². The summed E-state index contributed by atoms with van der Waals surface area (Å²) in [5, 5.41) is 6.17. The first-order chi connectivity index (χ1) is 13.7. The number of para-hydroxylation sites is 1. The molecule has 0 aliphatic carbocycles. The number of nitrogens with one attached hydrogen (secondary N) is 2. The largest absolute Gasteiger partial charge is 0.372 e. The molecule has 0 saturated carbocycles. The molecule has 1 aliphatic heterocycles. The Labute approximate surface area is 193 Å². The summed E-state index contributed by atoms with van der Waals surface area (Å²) >= 11 is 0. The Morgan fingerprint density at radius 1 is 1.21 bits per heavy atom. The van der Waals surface area contributed by atoms with Crippen LogP contribution < -0.4 is 15.5 Å². The number of aliphatic imine (C=N–C) groups is 1. The molecule has 1 aromatic rings. The van der Waals surface area contributed by atoms with Gasteiger partial charge >= 0.3 is 0 Å². The highest BCUT2D eigenvalue weighted by Crippen LogP contribution is 2.20. The first-order valence-electron chi connectivity index (χ1n) is 10.7. The highest BCUT2D eigenvalue weighted by atomic mass is 127. The van der Waals surface area contributed by atoms with Gasteiger partial charge in [-0.25, -0.2) is 0 Å². The molecule has 29 heavy (non-hydrogen) atoms. The van der Waals surface area contributed by atoms with Crippen LogP contribution in [0, 0.1) is 5.92 Å². The number of anilines is 1. The van der Waals surface area contributed by atoms with Gasteiger partial charge in [-0.15, -0.1) is 24.0 Å². The van der Waals surface area contributed by atoms with Crippen molar-refractivity contribution in [3.63, 3.8) is 0 Å². The first kappa shape index (κ1) is 25.5. The van der Waals surface area contributed by atoms with E-state index in [1.807, 2.05) is 0 Å². The van der Waals surface area contributed by atoms with Crippen LogP contribution in [0.15, 0.2) is 35.3 Å². The molecule has 0 spiro atoms. The van der Waals surface area contributed by atoms with E-state index in [0.29, 0.717) is 12.3 Å². The number of hydrogen-bond acceptors (Lipinski definition) is 3. The summed E-state index contributed by atoms with van der Waals surface area (Å²) in [6, 6.07) is 10.6. The van der Waals surface area contributed by atoms with Crippen molar-refractivity contribution in [2.24, 2.45) is 10.9 Å². The second-order valence-electron chi connectivity index (χ2n) is 7.31. The smallest absolute Gasteiger partial charge is 0.220 e. The number of likely N-dealkylation sites (tertiary alicyclic amines) is 1. The highest BCUT2D eigenvalue weighted by molar-refractivity contribution is 14.0. The van der Waals surface area contributed by atoms with Gasteiger partial charge in [-0.3, -0.25) is 9.79 Å². The van der Waals surface area contributed by atoms with Crippen LogP contribution >= 0.6 is 24.0 Å². The highest BCUT2D eigenvalue weighted by Gasteiger charge is 2.23. The lowest BCUT2D eigenvalue weighted by Gasteiger charge is -2.34. The Kier molecular flexibility index (Phi) is 12.7. The topological polar surface area (TPSA) is 60.0 Å². The molecule has 0 aromatic heterocycles. The molecule has 1 aromatic carbocycles. The van der Waals surface area contributed by atoms with Gasteiger partial charge in [0.1, 0.15) is 0 Å². The fourth-order valence-electron chi connectivity index (χ4n) is 3.69. The summed E-state index contributed by atoms with van der Waals surface area (Å²) < 4.78 is 0. The molecule has 0 bridgehead atoms. The molecule has 2 rings (SSSR count). The minimum absolute atomic E-state index is 0. The third kappa shape index (κ3) is 8.80. The second kappa shape index (κ2) is 14.5. The number of amides is 1. The van der Waals surface area contributed by atoms with E-state index in [1.165, 1.54) is 5.69 Å². The number of carbonyl (C=O) groups is 1. The van der Waals surface area contributed by atoms with Gasteiger partial charge in [0, 0.05) is 58.4 Å². The van der Waals surface area contributed by atoms with Crippen LogP contribution in [0.1, 0.15) is 39.5 Å². The summed E-state index contributed by atoms with van der Waals surface area (Å²) in [5.41, 5.74) is 1.28. The molecular weight excluding hydrogens is 477 g/mol. The maximum Gasteiger partial charge on any atom is 0.220 e. The van der Waals surface area contributed by atoms with Crippen LogP contribution in [0.5, 0.6) is 0 Å². The SMILES string of the molecule is CCNC(=NCCCN(CC)c1ccccc1)N1CCC(CC(=O)NC)CC1.I. The molecule has 0 atom stereocenters. The van der Waals surface area contributed by atoms with E-state index in [0.717, 1.165) is 64.5 Å². The third-order valence-electron chi connectivity index (χ3n) is 5.35. The lowest BCUT2D eigenvalue weighted by molar-refractivity contribution is -0.121. The average molecular weight is 515 g/mol. The average Bonchev–Trinajstić information content (AvgIpc) is 2.74. The van der Waals surface area contributed by atoms with Crippen molar-refractivity contribution in [1.82, 2.24) is 15.5 Å². The Hall–Kier alpha value is -1.51. The van der Waals surface area contributed by atoms with Gasteiger partial charge in [-0.1, -0.05) is 18.2 Å². The van der Waals surface area contributed by atoms with E-state index in [4.69, 9.17) is 4.99 Å². The van der Waals surface area contributed by atoms with Crippen LogP contribution in [0.4, 0.5) is 5.69 Å². The van der Waals surface area contributed by atoms with E-state index in [1.54, 1.807) is 7.05 Å². The molecule has 1 aliphatic rings. The predicted octanol–water partition coefficient (Wildman–Crippen LogP) is 3.33. The number of rotatable bonds is 9. The van der Waals surface area contributed by atoms with Crippen LogP contribution in [0.3, 0.4) is 0 Å². The minimum atomic E-state index is 0. The summed E-state index contributed by atoms with van der Waals surface area (Å²) in [7, 11) is 1.71. The number of carbonyl (C=O) groups excluding carboxylic acids is 1. The summed E-state index contributed by atoms with van der Waals surface area (Å²) in [4.78, 5) is 21.2. The lowest BCUT2D eigenvalue weighted by Crippen LogP contribution is -2.46. The maximum atomic E-state index is 11.6. The van der Waals surface area contributed by atoms with E-state index in [-0.39, 0.29) is 29.9 Å². The van der Waals surface area contributed by atoms with Crippen molar-refractivity contribution in [2.75, 3.05) is 51.2 Å². The van der Waals surface area contributed by atoms with Crippen molar-refractivity contribution >= 4 is 41.5 Å². The van der Waals surface area contributed by atoms with Crippen molar-refractivity contribution in [3.8, 4) is 0 Å². The van der Waals surface area contributed by atoms with Crippen molar-refractivity contribution in [2.45, 2.75) is 39.5 Å². The normalized spacial score (nSPS) is 14.9. The molecule has 1 heterocycles. The van der Waals surface area contributed by atoms with Crippen LogP contribution in [0.25, 0.3) is 0 Å². The standard InChI is InChI=1S/C22H37N5O.HI/c1-4-24-22(27-16-12-19(13-17-27)18-21(28)23-3)25-14-9-15-26(5-2)20-10-7-6-8-11-20;/h6-8,10-11,19H,4-5,9,12-18H2,1-3H3,(H,23,28)(H,24,25);1H. The fourth-order valence-corrected chi connectivity index (χ4v) is 3.69. The zero-order valence-corrected chi connectivity index (χ0v) is 20.5. The Bertz CT molecular complexity index is 602. The zero-order chi connectivity index (χ0) is 20.2. The molecule has 6 nitrogen and oxygen atoms in total. The first-order valence-corrected chi connectivity index (χ1v) is 10.7.